The summed E-state index contributed by atoms with van der Waals surface area (Å²) in [7, 11) is 0. The Bertz CT molecular complexity index is 382. The van der Waals surface area contributed by atoms with Crippen molar-refractivity contribution in [1.82, 2.24) is 0 Å². The third-order valence-electron chi connectivity index (χ3n) is 1.70. The predicted molar refractivity (Wildman–Crippen MR) is 55.1 cm³/mol. The summed E-state index contributed by atoms with van der Waals surface area (Å²) in [6.45, 7) is 0. The van der Waals surface area contributed by atoms with Gasteiger partial charge in [-0.2, -0.15) is 13.2 Å². The molecule has 15 heavy (non-hydrogen) atoms. The van der Waals surface area contributed by atoms with Crippen LogP contribution in [0.25, 0.3) is 0 Å². The Labute approximate surface area is 96.5 Å². The van der Waals surface area contributed by atoms with Crippen molar-refractivity contribution in [2.45, 2.75) is 12.6 Å². The normalized spacial score (nSPS) is 19.9. The SMILES string of the molecule is O=C(C1=CC=C(I)C/C1=N/O)C(F)(F)F. The number of allylic oxidation sites excluding steroid dienone is 4. The molecule has 0 aromatic rings. The average molecular weight is 331 g/mol. The van der Waals surface area contributed by atoms with Crippen molar-refractivity contribution in [2.75, 3.05) is 0 Å². The molecule has 1 aliphatic carbocycles. The van der Waals surface area contributed by atoms with Gasteiger partial charge in [-0.15, -0.1) is 0 Å². The van der Waals surface area contributed by atoms with Crippen LogP contribution in [0.5, 0.6) is 0 Å². The van der Waals surface area contributed by atoms with Crippen LogP contribution in [0.1, 0.15) is 6.42 Å². The van der Waals surface area contributed by atoms with Gasteiger partial charge in [0.15, 0.2) is 0 Å². The summed E-state index contributed by atoms with van der Waals surface area (Å²) in [5, 5.41) is 11.2. The number of rotatable bonds is 1. The van der Waals surface area contributed by atoms with E-state index in [1.807, 2.05) is 22.6 Å². The second-order valence-corrected chi connectivity index (χ2v) is 4.13. The molecular weight excluding hydrogens is 326 g/mol. The molecule has 1 rings (SSSR count). The molecule has 3 nitrogen and oxygen atoms in total. The van der Waals surface area contributed by atoms with E-state index in [0.717, 1.165) is 6.08 Å². The lowest BCUT2D eigenvalue weighted by molar-refractivity contribution is -0.165. The van der Waals surface area contributed by atoms with Gasteiger partial charge in [-0.1, -0.05) is 11.2 Å². The van der Waals surface area contributed by atoms with Gasteiger partial charge >= 0.3 is 6.18 Å². The number of hydrogen-bond donors (Lipinski definition) is 1. The Morgan fingerprint density at radius 2 is 2.07 bits per heavy atom. The number of ketones is 1. The minimum atomic E-state index is -4.95. The molecule has 0 unspecified atom stereocenters. The molecule has 0 radical (unpaired) electrons. The van der Waals surface area contributed by atoms with Gasteiger partial charge in [0.25, 0.3) is 5.78 Å². The first-order chi connectivity index (χ1) is 6.86. The van der Waals surface area contributed by atoms with Crippen LogP contribution in [0, 0.1) is 0 Å². The number of halogens is 4. The van der Waals surface area contributed by atoms with E-state index in [9.17, 15) is 18.0 Å². The Hall–Kier alpha value is -0.860. The second-order valence-electron chi connectivity index (χ2n) is 2.74. The van der Waals surface area contributed by atoms with E-state index in [1.165, 1.54) is 6.08 Å². The van der Waals surface area contributed by atoms with Gasteiger partial charge in [0.05, 0.1) is 11.3 Å². The molecule has 0 aromatic carbocycles. The molecular formula is C8H5F3INO2. The minimum Gasteiger partial charge on any atom is -0.411 e. The first-order valence-corrected chi connectivity index (χ1v) is 4.83. The van der Waals surface area contributed by atoms with E-state index in [0.29, 0.717) is 3.58 Å². The quantitative estimate of drug-likeness (QED) is 0.456. The molecule has 1 aliphatic rings. The molecule has 0 spiro atoms. The van der Waals surface area contributed by atoms with Crippen LogP contribution < -0.4 is 0 Å². The van der Waals surface area contributed by atoms with Gasteiger partial charge in [-0.25, -0.2) is 0 Å². The standard InChI is InChI=1S/C8H5F3INO2/c9-8(10,11)7(14)5-2-1-4(12)3-6(5)13-15/h1-2,15H,3H2/b13-6-. The Morgan fingerprint density at radius 3 is 2.53 bits per heavy atom. The van der Waals surface area contributed by atoms with Gasteiger partial charge < -0.3 is 5.21 Å². The van der Waals surface area contributed by atoms with Crippen LogP contribution in [-0.4, -0.2) is 22.9 Å². The zero-order chi connectivity index (χ0) is 11.6. The van der Waals surface area contributed by atoms with Crippen molar-refractivity contribution >= 4 is 34.1 Å². The largest absolute Gasteiger partial charge is 0.454 e. The Morgan fingerprint density at radius 1 is 1.47 bits per heavy atom. The van der Waals surface area contributed by atoms with Crippen molar-refractivity contribution in [3.8, 4) is 0 Å². The molecule has 0 aliphatic heterocycles. The number of Topliss-reactive ketones (excluding diaryl/α,β-unsaturated/α-hetero) is 1. The van der Waals surface area contributed by atoms with Crippen molar-refractivity contribution in [3.05, 3.63) is 21.3 Å². The van der Waals surface area contributed by atoms with Crippen LogP contribution >= 0.6 is 22.6 Å². The summed E-state index contributed by atoms with van der Waals surface area (Å²) in [4.78, 5) is 10.9. The zero-order valence-electron chi connectivity index (χ0n) is 7.18. The number of alkyl halides is 3. The summed E-state index contributed by atoms with van der Waals surface area (Å²) in [5.41, 5.74) is -0.866. The van der Waals surface area contributed by atoms with E-state index in [4.69, 9.17) is 5.21 Å². The molecule has 0 amide bonds. The van der Waals surface area contributed by atoms with Crippen molar-refractivity contribution in [3.63, 3.8) is 0 Å². The monoisotopic (exact) mass is 331 g/mol. The zero-order valence-corrected chi connectivity index (χ0v) is 9.33. The van der Waals surface area contributed by atoms with Gasteiger partial charge in [0.2, 0.25) is 0 Å². The third kappa shape index (κ3) is 2.80. The predicted octanol–water partition coefficient (Wildman–Crippen LogP) is 2.60. The van der Waals surface area contributed by atoms with Crippen LogP contribution in [0.2, 0.25) is 0 Å². The maximum atomic E-state index is 12.1. The molecule has 0 saturated carbocycles. The Kier molecular flexibility index (Phi) is 3.53. The highest BCUT2D eigenvalue weighted by atomic mass is 127. The number of carbonyl (C=O) groups is 1. The maximum absolute atomic E-state index is 12.1. The van der Waals surface area contributed by atoms with Crippen LogP contribution in [0.15, 0.2) is 26.5 Å². The molecule has 0 fully saturated rings. The average Bonchev–Trinajstić information content (AvgIpc) is 2.15. The van der Waals surface area contributed by atoms with Gasteiger partial charge in [-0.3, -0.25) is 4.79 Å². The summed E-state index contributed by atoms with van der Waals surface area (Å²) >= 11 is 1.88. The topological polar surface area (TPSA) is 49.7 Å². The highest BCUT2D eigenvalue weighted by molar-refractivity contribution is 14.1. The molecule has 0 atom stereocenters. The maximum Gasteiger partial charge on any atom is 0.454 e. The fourth-order valence-corrected chi connectivity index (χ4v) is 1.57. The number of oxime groups is 1. The number of carbonyl (C=O) groups excluding carboxylic acids is 1. The fourth-order valence-electron chi connectivity index (χ4n) is 1.03. The summed E-state index contributed by atoms with van der Waals surface area (Å²) < 4.78 is 37.0. The fraction of sp³-hybridized carbons (Fsp3) is 0.250. The highest BCUT2D eigenvalue weighted by Gasteiger charge is 2.42. The third-order valence-corrected chi connectivity index (χ3v) is 2.44. The van der Waals surface area contributed by atoms with E-state index in [2.05, 4.69) is 5.16 Å². The van der Waals surface area contributed by atoms with Crippen LogP contribution in [0.4, 0.5) is 13.2 Å². The highest BCUT2D eigenvalue weighted by Crippen LogP contribution is 2.27. The molecule has 0 bridgehead atoms. The minimum absolute atomic E-state index is 0.0325. The second kappa shape index (κ2) is 4.33. The summed E-state index contributed by atoms with van der Waals surface area (Å²) in [6, 6.07) is 0. The molecule has 0 heterocycles. The smallest absolute Gasteiger partial charge is 0.411 e. The van der Waals surface area contributed by atoms with E-state index >= 15 is 0 Å². The van der Waals surface area contributed by atoms with E-state index in [1.54, 1.807) is 0 Å². The lowest BCUT2D eigenvalue weighted by Gasteiger charge is -2.13. The van der Waals surface area contributed by atoms with Crippen molar-refractivity contribution in [2.24, 2.45) is 5.16 Å². The van der Waals surface area contributed by atoms with Crippen molar-refractivity contribution < 1.29 is 23.2 Å². The molecule has 1 N–H and O–H groups in total. The molecule has 82 valence electrons. The lowest BCUT2D eigenvalue weighted by atomic mass is 9.98. The van der Waals surface area contributed by atoms with Crippen LogP contribution in [0.3, 0.4) is 0 Å². The van der Waals surface area contributed by atoms with Crippen LogP contribution in [-0.2, 0) is 4.79 Å². The van der Waals surface area contributed by atoms with E-state index < -0.39 is 17.5 Å². The van der Waals surface area contributed by atoms with Crippen molar-refractivity contribution in [1.29, 1.82) is 0 Å². The van der Waals surface area contributed by atoms with Gasteiger partial charge in [0, 0.05) is 6.42 Å². The summed E-state index contributed by atoms with van der Waals surface area (Å²) in [5.74, 6) is -1.99. The first kappa shape index (κ1) is 12.2. The molecule has 0 saturated heterocycles. The Balaban J connectivity index is 3.09. The van der Waals surface area contributed by atoms with Gasteiger partial charge in [0.1, 0.15) is 0 Å². The van der Waals surface area contributed by atoms with E-state index in [-0.39, 0.29) is 12.1 Å². The first-order valence-electron chi connectivity index (χ1n) is 3.75. The molecule has 0 aromatic heterocycles. The number of nitrogens with zero attached hydrogens (tertiary/aromatic N) is 1. The molecule has 7 heteroatoms. The number of hydrogen-bond acceptors (Lipinski definition) is 3. The summed E-state index contributed by atoms with van der Waals surface area (Å²) in [6.07, 6.45) is -2.52. The van der Waals surface area contributed by atoms with Gasteiger partial charge in [-0.05, 0) is 32.2 Å². The lowest BCUT2D eigenvalue weighted by Crippen LogP contribution is -2.29.